The molecule has 0 saturated heterocycles. The number of pyridine rings is 1. The lowest BCUT2D eigenvalue weighted by Gasteiger charge is -2.04. The van der Waals surface area contributed by atoms with E-state index < -0.39 is 0 Å². The van der Waals surface area contributed by atoms with Gasteiger partial charge in [0.1, 0.15) is 0 Å². The van der Waals surface area contributed by atoms with Gasteiger partial charge in [-0.2, -0.15) is 0 Å². The van der Waals surface area contributed by atoms with Crippen LogP contribution in [-0.2, 0) is 0 Å². The maximum Gasteiger partial charge on any atom is 0.0893 e. The number of hydrogen-bond donors (Lipinski definition) is 0. The van der Waals surface area contributed by atoms with Crippen LogP contribution in [0.5, 0.6) is 0 Å². The molecular formula is C13H16ClN. The first-order valence-corrected chi connectivity index (χ1v) is 5.59. The molecule has 15 heavy (non-hydrogen) atoms. The Hall–Kier alpha value is -1.08. The first-order valence-electron chi connectivity index (χ1n) is 5.21. The number of benzene rings is 1. The summed E-state index contributed by atoms with van der Waals surface area (Å²) < 4.78 is 0. The Labute approximate surface area is 96.1 Å². The Morgan fingerprint density at radius 3 is 2.47 bits per heavy atom. The van der Waals surface area contributed by atoms with Crippen molar-refractivity contribution in [1.82, 2.24) is 4.98 Å². The SMILES string of the molecule is CC.Cc1cc(C)c2cccc(Cl)c2n1. The first-order chi connectivity index (χ1) is 7.18. The third-order valence-electron chi connectivity index (χ3n) is 2.13. The third kappa shape index (κ3) is 2.48. The molecule has 0 saturated carbocycles. The van der Waals surface area contributed by atoms with Crippen molar-refractivity contribution in [3.63, 3.8) is 0 Å². The number of nitrogens with zero attached hydrogens (tertiary/aromatic N) is 1. The van der Waals surface area contributed by atoms with E-state index in [2.05, 4.69) is 18.0 Å². The van der Waals surface area contributed by atoms with E-state index in [0.717, 1.165) is 21.6 Å². The lowest BCUT2D eigenvalue weighted by molar-refractivity contribution is 1.23. The summed E-state index contributed by atoms with van der Waals surface area (Å²) in [5, 5.41) is 1.86. The summed E-state index contributed by atoms with van der Waals surface area (Å²) in [5.41, 5.74) is 3.14. The monoisotopic (exact) mass is 221 g/mol. The third-order valence-corrected chi connectivity index (χ3v) is 2.43. The molecule has 2 rings (SSSR count). The number of rotatable bonds is 0. The second-order valence-corrected chi connectivity index (χ2v) is 3.62. The Balaban J connectivity index is 0.000000531. The van der Waals surface area contributed by atoms with Gasteiger partial charge in [0.05, 0.1) is 10.5 Å². The quantitative estimate of drug-likeness (QED) is 0.637. The molecule has 0 aliphatic rings. The largest absolute Gasteiger partial charge is 0.252 e. The van der Waals surface area contributed by atoms with Crippen molar-refractivity contribution in [1.29, 1.82) is 0 Å². The molecule has 0 radical (unpaired) electrons. The Morgan fingerprint density at radius 1 is 1.13 bits per heavy atom. The van der Waals surface area contributed by atoms with E-state index >= 15 is 0 Å². The van der Waals surface area contributed by atoms with Gasteiger partial charge in [0.25, 0.3) is 0 Å². The van der Waals surface area contributed by atoms with E-state index in [1.54, 1.807) is 0 Å². The van der Waals surface area contributed by atoms with Gasteiger partial charge in [-0.15, -0.1) is 0 Å². The molecule has 0 spiro atoms. The Bertz CT molecular complexity index is 463. The number of aryl methyl sites for hydroxylation is 2. The lowest BCUT2D eigenvalue weighted by atomic mass is 10.1. The number of hydrogen-bond acceptors (Lipinski definition) is 1. The highest BCUT2D eigenvalue weighted by Gasteiger charge is 2.02. The Morgan fingerprint density at radius 2 is 1.80 bits per heavy atom. The van der Waals surface area contributed by atoms with Gasteiger partial charge in [0.15, 0.2) is 0 Å². The lowest BCUT2D eigenvalue weighted by Crippen LogP contribution is -1.87. The van der Waals surface area contributed by atoms with Gasteiger partial charge in [-0.1, -0.05) is 37.6 Å². The van der Waals surface area contributed by atoms with E-state index in [1.165, 1.54) is 5.56 Å². The summed E-state index contributed by atoms with van der Waals surface area (Å²) >= 11 is 6.04. The predicted molar refractivity (Wildman–Crippen MR) is 67.6 cm³/mol. The summed E-state index contributed by atoms with van der Waals surface area (Å²) in [6.45, 7) is 8.06. The maximum atomic E-state index is 6.04. The van der Waals surface area contributed by atoms with Crippen LogP contribution in [0.2, 0.25) is 5.02 Å². The van der Waals surface area contributed by atoms with Crippen LogP contribution in [0.25, 0.3) is 10.9 Å². The van der Waals surface area contributed by atoms with Crippen molar-refractivity contribution >= 4 is 22.5 Å². The van der Waals surface area contributed by atoms with Gasteiger partial charge in [-0.3, -0.25) is 4.98 Å². The van der Waals surface area contributed by atoms with Crippen molar-refractivity contribution in [2.45, 2.75) is 27.7 Å². The summed E-state index contributed by atoms with van der Waals surface area (Å²) in [4.78, 5) is 4.40. The summed E-state index contributed by atoms with van der Waals surface area (Å²) in [5.74, 6) is 0. The van der Waals surface area contributed by atoms with Crippen molar-refractivity contribution < 1.29 is 0 Å². The minimum atomic E-state index is 0.726. The van der Waals surface area contributed by atoms with Crippen LogP contribution in [0.15, 0.2) is 24.3 Å². The summed E-state index contributed by atoms with van der Waals surface area (Å²) in [6.07, 6.45) is 0. The van der Waals surface area contributed by atoms with Gasteiger partial charge in [-0.05, 0) is 31.5 Å². The van der Waals surface area contributed by atoms with E-state index in [9.17, 15) is 0 Å². The molecule has 0 fully saturated rings. The summed E-state index contributed by atoms with van der Waals surface area (Å²) in [7, 11) is 0. The molecule has 2 heteroatoms. The molecule has 0 amide bonds. The van der Waals surface area contributed by atoms with Crippen LogP contribution >= 0.6 is 11.6 Å². The minimum Gasteiger partial charge on any atom is -0.252 e. The van der Waals surface area contributed by atoms with Crippen molar-refractivity contribution in [2.24, 2.45) is 0 Å². The zero-order valence-electron chi connectivity index (χ0n) is 9.63. The van der Waals surface area contributed by atoms with Crippen LogP contribution in [0.3, 0.4) is 0 Å². The highest BCUT2D eigenvalue weighted by molar-refractivity contribution is 6.35. The minimum absolute atomic E-state index is 0.726. The predicted octanol–water partition coefficient (Wildman–Crippen LogP) is 4.53. The fraction of sp³-hybridized carbons (Fsp3) is 0.308. The van der Waals surface area contributed by atoms with Crippen molar-refractivity contribution in [3.8, 4) is 0 Å². The molecule has 0 aliphatic heterocycles. The molecule has 2 aromatic rings. The standard InChI is InChI=1S/C11H10ClN.C2H6/c1-7-6-8(2)13-11-9(7)4-3-5-10(11)12;1-2/h3-6H,1-2H3;1-2H3. The van der Waals surface area contributed by atoms with Crippen LogP contribution < -0.4 is 0 Å². The van der Waals surface area contributed by atoms with Gasteiger partial charge in [0, 0.05) is 11.1 Å². The van der Waals surface area contributed by atoms with Gasteiger partial charge < -0.3 is 0 Å². The van der Waals surface area contributed by atoms with Crippen molar-refractivity contribution in [3.05, 3.63) is 40.5 Å². The van der Waals surface area contributed by atoms with Gasteiger partial charge in [0.2, 0.25) is 0 Å². The number of fused-ring (bicyclic) bond motifs is 1. The highest BCUT2D eigenvalue weighted by Crippen LogP contribution is 2.24. The molecule has 0 unspecified atom stereocenters. The number of para-hydroxylation sites is 1. The topological polar surface area (TPSA) is 12.9 Å². The fourth-order valence-electron chi connectivity index (χ4n) is 1.55. The zero-order chi connectivity index (χ0) is 11.4. The maximum absolute atomic E-state index is 6.04. The fourth-order valence-corrected chi connectivity index (χ4v) is 1.76. The first kappa shape index (κ1) is 12.0. The van der Waals surface area contributed by atoms with Gasteiger partial charge >= 0.3 is 0 Å². The molecule has 80 valence electrons. The zero-order valence-corrected chi connectivity index (χ0v) is 10.4. The van der Waals surface area contributed by atoms with E-state index in [0.29, 0.717) is 0 Å². The molecule has 1 nitrogen and oxygen atoms in total. The molecular weight excluding hydrogens is 206 g/mol. The normalized spacial score (nSPS) is 9.67. The Kier molecular flexibility index (Phi) is 4.10. The smallest absolute Gasteiger partial charge is 0.0893 e. The average molecular weight is 222 g/mol. The number of aromatic nitrogens is 1. The van der Waals surface area contributed by atoms with E-state index in [-0.39, 0.29) is 0 Å². The van der Waals surface area contributed by atoms with Gasteiger partial charge in [-0.25, -0.2) is 0 Å². The van der Waals surface area contributed by atoms with Crippen molar-refractivity contribution in [2.75, 3.05) is 0 Å². The molecule has 0 bridgehead atoms. The number of halogens is 1. The van der Waals surface area contributed by atoms with Crippen LogP contribution in [-0.4, -0.2) is 4.98 Å². The highest BCUT2D eigenvalue weighted by atomic mass is 35.5. The molecule has 1 heterocycles. The second kappa shape index (κ2) is 5.13. The molecule has 0 atom stereocenters. The van der Waals surface area contributed by atoms with Crippen LogP contribution in [0.1, 0.15) is 25.1 Å². The molecule has 1 aromatic heterocycles. The molecule has 0 aliphatic carbocycles. The molecule has 1 aromatic carbocycles. The second-order valence-electron chi connectivity index (χ2n) is 3.22. The van der Waals surface area contributed by atoms with Crippen LogP contribution in [0.4, 0.5) is 0 Å². The van der Waals surface area contributed by atoms with E-state index in [1.807, 2.05) is 39.0 Å². The average Bonchev–Trinajstić information content (AvgIpc) is 2.23. The molecule has 0 N–H and O–H groups in total. The summed E-state index contributed by atoms with van der Waals surface area (Å²) in [6, 6.07) is 7.94. The van der Waals surface area contributed by atoms with E-state index in [4.69, 9.17) is 11.6 Å². The van der Waals surface area contributed by atoms with Crippen LogP contribution in [0, 0.1) is 13.8 Å².